The normalized spacial score (nSPS) is 10.7. The first-order valence-electron chi connectivity index (χ1n) is 8.59. The number of pyridine rings is 1. The van der Waals surface area contributed by atoms with Crippen molar-refractivity contribution in [3.63, 3.8) is 0 Å². The quantitative estimate of drug-likeness (QED) is 0.661. The number of aryl methyl sites for hydroxylation is 2. The molecule has 3 rings (SSSR count). The fourth-order valence-corrected chi connectivity index (χ4v) is 2.98. The Hall–Kier alpha value is -2.92. The van der Waals surface area contributed by atoms with Gasteiger partial charge in [-0.2, -0.15) is 0 Å². The minimum atomic E-state index is -0.135. The minimum Gasteiger partial charge on any atom is -0.383 e. The molecule has 26 heavy (non-hydrogen) atoms. The van der Waals surface area contributed by atoms with Gasteiger partial charge in [-0.3, -0.25) is 4.79 Å². The fraction of sp³-hybridized carbons (Fsp3) is 0.238. The van der Waals surface area contributed by atoms with Crippen molar-refractivity contribution in [2.45, 2.75) is 13.8 Å². The van der Waals surface area contributed by atoms with Crippen molar-refractivity contribution in [3.05, 3.63) is 65.2 Å². The molecule has 134 valence electrons. The zero-order chi connectivity index (χ0) is 18.5. The second-order valence-corrected chi connectivity index (χ2v) is 6.32. The highest BCUT2D eigenvalue weighted by Gasteiger charge is 2.13. The van der Waals surface area contributed by atoms with E-state index in [-0.39, 0.29) is 5.91 Å². The number of carbonyl (C=O) groups excluding carboxylic acids is 1. The van der Waals surface area contributed by atoms with Crippen molar-refractivity contribution >= 4 is 28.3 Å². The maximum Gasteiger partial charge on any atom is 0.252 e. The Kier molecular flexibility index (Phi) is 5.49. The van der Waals surface area contributed by atoms with E-state index in [0.717, 1.165) is 16.6 Å². The van der Waals surface area contributed by atoms with Gasteiger partial charge in [0, 0.05) is 24.7 Å². The summed E-state index contributed by atoms with van der Waals surface area (Å²) in [5, 5.41) is 7.03. The molecule has 0 bridgehead atoms. The highest BCUT2D eigenvalue weighted by atomic mass is 16.5. The zero-order valence-electron chi connectivity index (χ0n) is 15.3. The number of rotatable bonds is 6. The summed E-state index contributed by atoms with van der Waals surface area (Å²) in [5.74, 6) is 0.509. The minimum absolute atomic E-state index is 0.135. The number of nitrogens with one attached hydrogen (secondary N) is 2. The van der Waals surface area contributed by atoms with Crippen LogP contribution in [-0.2, 0) is 4.74 Å². The molecule has 3 aromatic rings. The van der Waals surface area contributed by atoms with Crippen LogP contribution in [0.2, 0.25) is 0 Å². The lowest BCUT2D eigenvalue weighted by atomic mass is 10.1. The van der Waals surface area contributed by atoms with Gasteiger partial charge in [0.2, 0.25) is 0 Å². The molecule has 0 spiro atoms. The third-order valence-electron chi connectivity index (χ3n) is 4.05. The Morgan fingerprint density at radius 2 is 1.81 bits per heavy atom. The number of methoxy groups -OCH3 is 1. The predicted molar refractivity (Wildman–Crippen MR) is 105 cm³/mol. The van der Waals surface area contributed by atoms with Crippen molar-refractivity contribution in [3.8, 4) is 0 Å². The van der Waals surface area contributed by atoms with Crippen LogP contribution in [0.3, 0.4) is 0 Å². The summed E-state index contributed by atoms with van der Waals surface area (Å²) in [4.78, 5) is 17.3. The van der Waals surface area contributed by atoms with E-state index in [1.807, 2.05) is 24.3 Å². The first-order valence-corrected chi connectivity index (χ1v) is 8.59. The number of hydrogen-bond acceptors (Lipinski definition) is 4. The number of benzene rings is 2. The molecule has 0 fully saturated rings. The van der Waals surface area contributed by atoms with Gasteiger partial charge in [-0.25, -0.2) is 4.98 Å². The Bertz CT molecular complexity index is 917. The number of carbonyl (C=O) groups is 1. The molecule has 5 heteroatoms. The second-order valence-electron chi connectivity index (χ2n) is 6.32. The van der Waals surface area contributed by atoms with Crippen LogP contribution in [0, 0.1) is 13.8 Å². The van der Waals surface area contributed by atoms with Gasteiger partial charge in [-0.15, -0.1) is 0 Å². The summed E-state index contributed by atoms with van der Waals surface area (Å²) in [5.41, 5.74) is 4.67. The van der Waals surface area contributed by atoms with Crippen molar-refractivity contribution < 1.29 is 9.53 Å². The molecule has 1 aromatic heterocycles. The van der Waals surface area contributed by atoms with Gasteiger partial charge in [0.05, 0.1) is 17.7 Å². The highest BCUT2D eigenvalue weighted by Crippen LogP contribution is 2.24. The van der Waals surface area contributed by atoms with E-state index >= 15 is 0 Å². The van der Waals surface area contributed by atoms with E-state index in [0.29, 0.717) is 24.5 Å². The molecule has 0 unspecified atom stereocenters. The second kappa shape index (κ2) is 7.97. The molecular weight excluding hydrogens is 326 g/mol. The molecule has 1 amide bonds. The lowest BCUT2D eigenvalue weighted by Gasteiger charge is -2.12. The molecule has 1 heterocycles. The van der Waals surface area contributed by atoms with Gasteiger partial charge in [0.1, 0.15) is 5.82 Å². The van der Waals surface area contributed by atoms with E-state index in [9.17, 15) is 4.79 Å². The third-order valence-corrected chi connectivity index (χ3v) is 4.05. The Morgan fingerprint density at radius 3 is 2.54 bits per heavy atom. The Labute approximate surface area is 153 Å². The number of aromatic nitrogens is 1. The van der Waals surface area contributed by atoms with Gasteiger partial charge >= 0.3 is 0 Å². The average Bonchev–Trinajstić information content (AvgIpc) is 2.60. The molecule has 0 aliphatic heterocycles. The highest BCUT2D eigenvalue weighted by molar-refractivity contribution is 6.07. The van der Waals surface area contributed by atoms with Gasteiger partial charge < -0.3 is 15.4 Å². The lowest BCUT2D eigenvalue weighted by Crippen LogP contribution is -2.27. The van der Waals surface area contributed by atoms with E-state index in [1.165, 1.54) is 11.1 Å². The van der Waals surface area contributed by atoms with Gasteiger partial charge in [0.15, 0.2) is 0 Å². The molecule has 0 saturated carbocycles. The fourth-order valence-electron chi connectivity index (χ4n) is 2.98. The first kappa shape index (κ1) is 17.9. The molecule has 0 atom stereocenters. The summed E-state index contributed by atoms with van der Waals surface area (Å²) in [6.45, 7) is 5.05. The van der Waals surface area contributed by atoms with Crippen LogP contribution in [0.1, 0.15) is 21.5 Å². The number of fused-ring (bicyclic) bond motifs is 1. The largest absolute Gasteiger partial charge is 0.383 e. The van der Waals surface area contributed by atoms with Crippen LogP contribution in [0.25, 0.3) is 10.9 Å². The molecular formula is C21H23N3O2. The Balaban J connectivity index is 1.97. The molecule has 2 N–H and O–H groups in total. The van der Waals surface area contributed by atoms with Gasteiger partial charge in [-0.05, 0) is 49.2 Å². The summed E-state index contributed by atoms with van der Waals surface area (Å²) >= 11 is 0. The van der Waals surface area contributed by atoms with E-state index in [2.05, 4.69) is 47.7 Å². The smallest absolute Gasteiger partial charge is 0.252 e. The summed E-state index contributed by atoms with van der Waals surface area (Å²) in [6, 6.07) is 15.7. The SMILES string of the molecule is COCCNC(=O)c1cc(Nc2cc(C)cc(C)c2)nc2ccccc12. The summed E-state index contributed by atoms with van der Waals surface area (Å²) < 4.78 is 5.00. The predicted octanol–water partition coefficient (Wildman–Crippen LogP) is 3.97. The summed E-state index contributed by atoms with van der Waals surface area (Å²) in [7, 11) is 1.61. The molecule has 0 aliphatic rings. The van der Waals surface area contributed by atoms with Crippen LogP contribution in [-0.4, -0.2) is 31.2 Å². The molecule has 0 aliphatic carbocycles. The first-order chi connectivity index (χ1) is 12.6. The number of para-hydroxylation sites is 1. The van der Waals surface area contributed by atoms with E-state index in [4.69, 9.17) is 4.74 Å². The van der Waals surface area contributed by atoms with Crippen LogP contribution in [0.4, 0.5) is 11.5 Å². The van der Waals surface area contributed by atoms with E-state index in [1.54, 1.807) is 13.2 Å². The van der Waals surface area contributed by atoms with Crippen LogP contribution in [0.5, 0.6) is 0 Å². The summed E-state index contributed by atoms with van der Waals surface area (Å²) in [6.07, 6.45) is 0. The number of amides is 1. The Morgan fingerprint density at radius 1 is 1.08 bits per heavy atom. The van der Waals surface area contributed by atoms with Crippen molar-refractivity contribution in [2.75, 3.05) is 25.6 Å². The van der Waals surface area contributed by atoms with Crippen molar-refractivity contribution in [2.24, 2.45) is 0 Å². The number of nitrogens with zero attached hydrogens (tertiary/aromatic N) is 1. The maximum atomic E-state index is 12.6. The van der Waals surface area contributed by atoms with Crippen molar-refractivity contribution in [1.82, 2.24) is 10.3 Å². The maximum absolute atomic E-state index is 12.6. The molecule has 0 radical (unpaired) electrons. The van der Waals surface area contributed by atoms with Gasteiger partial charge in [-0.1, -0.05) is 24.3 Å². The van der Waals surface area contributed by atoms with Crippen LogP contribution < -0.4 is 10.6 Å². The van der Waals surface area contributed by atoms with Crippen molar-refractivity contribution in [1.29, 1.82) is 0 Å². The molecule has 2 aromatic carbocycles. The molecule has 5 nitrogen and oxygen atoms in total. The van der Waals surface area contributed by atoms with E-state index < -0.39 is 0 Å². The monoisotopic (exact) mass is 349 g/mol. The number of anilines is 2. The van der Waals surface area contributed by atoms with Crippen LogP contribution in [0.15, 0.2) is 48.5 Å². The average molecular weight is 349 g/mol. The van der Waals surface area contributed by atoms with Gasteiger partial charge in [0.25, 0.3) is 5.91 Å². The molecule has 0 saturated heterocycles. The standard InChI is InChI=1S/C21H23N3O2/c1-14-10-15(2)12-16(11-14)23-20-13-18(21(25)22-8-9-26-3)17-6-4-5-7-19(17)24-20/h4-7,10-13H,8-9H2,1-3H3,(H,22,25)(H,23,24). The number of ether oxygens (including phenoxy) is 1. The topological polar surface area (TPSA) is 63.2 Å². The number of hydrogen-bond donors (Lipinski definition) is 2. The zero-order valence-corrected chi connectivity index (χ0v) is 15.3. The lowest BCUT2D eigenvalue weighted by molar-refractivity contribution is 0.0938. The van der Waals surface area contributed by atoms with Crippen LogP contribution >= 0.6 is 0 Å². The third kappa shape index (κ3) is 4.18.